The molecule has 0 saturated heterocycles. The molecule has 1 rings (SSSR count). The number of urea groups is 1. The molecule has 16 heavy (non-hydrogen) atoms. The summed E-state index contributed by atoms with van der Waals surface area (Å²) in [7, 11) is 0. The number of carbonyl (C=O) groups excluding carboxylic acids is 1. The Hall–Kier alpha value is -1.97. The summed E-state index contributed by atoms with van der Waals surface area (Å²) < 4.78 is 0. The Balaban J connectivity index is 2.25. The average Bonchev–Trinajstić information content (AvgIpc) is 2.26. The van der Waals surface area contributed by atoms with E-state index in [1.165, 1.54) is 0 Å². The van der Waals surface area contributed by atoms with Crippen molar-refractivity contribution in [1.82, 2.24) is 10.6 Å². The fourth-order valence-electron chi connectivity index (χ4n) is 1.26. The minimum atomic E-state index is -0.208. The van der Waals surface area contributed by atoms with Gasteiger partial charge in [0, 0.05) is 13.1 Å². The van der Waals surface area contributed by atoms with Crippen molar-refractivity contribution in [2.75, 3.05) is 13.1 Å². The zero-order valence-corrected chi connectivity index (χ0v) is 9.07. The van der Waals surface area contributed by atoms with E-state index in [1.54, 1.807) is 24.3 Å². The van der Waals surface area contributed by atoms with Crippen molar-refractivity contribution in [3.8, 4) is 5.75 Å². The topological polar surface area (TPSA) is 61.4 Å². The van der Waals surface area contributed by atoms with E-state index >= 15 is 0 Å². The molecule has 0 radical (unpaired) electrons. The third kappa shape index (κ3) is 4.50. The summed E-state index contributed by atoms with van der Waals surface area (Å²) in [6, 6.07) is 6.78. The van der Waals surface area contributed by atoms with Crippen LogP contribution >= 0.6 is 0 Å². The van der Waals surface area contributed by atoms with Crippen molar-refractivity contribution < 1.29 is 9.90 Å². The van der Waals surface area contributed by atoms with Crippen molar-refractivity contribution >= 4 is 6.03 Å². The van der Waals surface area contributed by atoms with Crippen LogP contribution in [0.1, 0.15) is 5.56 Å². The highest BCUT2D eigenvalue weighted by molar-refractivity contribution is 5.73. The first-order valence-electron chi connectivity index (χ1n) is 5.13. The molecule has 0 unspecified atom stereocenters. The van der Waals surface area contributed by atoms with E-state index in [0.717, 1.165) is 5.56 Å². The molecule has 0 heterocycles. The Kier molecular flexibility index (Phi) is 4.92. The second-order valence-corrected chi connectivity index (χ2v) is 3.35. The number of rotatable bonds is 5. The van der Waals surface area contributed by atoms with Crippen molar-refractivity contribution in [2.45, 2.75) is 6.42 Å². The predicted octanol–water partition coefficient (Wildman–Crippen LogP) is 1.42. The van der Waals surface area contributed by atoms with Crippen LogP contribution in [0.2, 0.25) is 0 Å². The van der Waals surface area contributed by atoms with Crippen LogP contribution in [-0.2, 0) is 6.42 Å². The van der Waals surface area contributed by atoms with Crippen LogP contribution in [0, 0.1) is 0 Å². The zero-order chi connectivity index (χ0) is 11.8. The first kappa shape index (κ1) is 12.1. The molecular weight excluding hydrogens is 204 g/mol. The minimum absolute atomic E-state index is 0.208. The quantitative estimate of drug-likeness (QED) is 0.657. The molecule has 0 aromatic heterocycles. The van der Waals surface area contributed by atoms with Crippen LogP contribution in [0.4, 0.5) is 4.79 Å². The van der Waals surface area contributed by atoms with Gasteiger partial charge in [0.1, 0.15) is 5.75 Å². The Labute approximate surface area is 95.0 Å². The molecule has 0 bridgehead atoms. The molecule has 0 aliphatic rings. The smallest absolute Gasteiger partial charge is 0.315 e. The molecule has 2 amide bonds. The molecule has 1 aromatic carbocycles. The highest BCUT2D eigenvalue weighted by atomic mass is 16.3. The number of carbonyl (C=O) groups is 1. The monoisotopic (exact) mass is 220 g/mol. The second kappa shape index (κ2) is 6.50. The van der Waals surface area contributed by atoms with Gasteiger partial charge in [-0.25, -0.2) is 4.79 Å². The lowest BCUT2D eigenvalue weighted by atomic mass is 10.1. The first-order valence-corrected chi connectivity index (χ1v) is 5.13. The molecule has 0 spiro atoms. The van der Waals surface area contributed by atoms with E-state index < -0.39 is 0 Å². The van der Waals surface area contributed by atoms with Crippen molar-refractivity contribution in [3.63, 3.8) is 0 Å². The fraction of sp³-hybridized carbons (Fsp3) is 0.250. The lowest BCUT2D eigenvalue weighted by Gasteiger charge is -2.06. The average molecular weight is 220 g/mol. The Bertz CT molecular complexity index is 364. The lowest BCUT2D eigenvalue weighted by molar-refractivity contribution is 0.242. The molecule has 0 aliphatic carbocycles. The second-order valence-electron chi connectivity index (χ2n) is 3.35. The van der Waals surface area contributed by atoms with Crippen LogP contribution in [0.25, 0.3) is 0 Å². The number of hydrogen-bond acceptors (Lipinski definition) is 2. The number of amides is 2. The lowest BCUT2D eigenvalue weighted by Crippen LogP contribution is -2.36. The van der Waals surface area contributed by atoms with Crippen LogP contribution in [0.15, 0.2) is 36.9 Å². The Morgan fingerprint density at radius 2 is 2.25 bits per heavy atom. The standard InChI is InChI=1S/C12H16N2O2/c1-2-7-13-12(16)14-8-6-10-4-3-5-11(15)9-10/h2-5,9,15H,1,6-8H2,(H2,13,14,16). The minimum Gasteiger partial charge on any atom is -0.508 e. The van der Waals surface area contributed by atoms with E-state index in [9.17, 15) is 9.90 Å². The van der Waals surface area contributed by atoms with Gasteiger partial charge in [-0.05, 0) is 24.1 Å². The van der Waals surface area contributed by atoms with Crippen molar-refractivity contribution in [2.24, 2.45) is 0 Å². The van der Waals surface area contributed by atoms with Gasteiger partial charge in [0.05, 0.1) is 0 Å². The van der Waals surface area contributed by atoms with Gasteiger partial charge in [-0.2, -0.15) is 0 Å². The normalized spacial score (nSPS) is 9.50. The summed E-state index contributed by atoms with van der Waals surface area (Å²) in [4.78, 5) is 11.1. The summed E-state index contributed by atoms with van der Waals surface area (Å²) in [6.45, 7) is 4.49. The zero-order valence-electron chi connectivity index (χ0n) is 9.07. The van der Waals surface area contributed by atoms with E-state index in [4.69, 9.17) is 0 Å². The number of nitrogens with one attached hydrogen (secondary N) is 2. The van der Waals surface area contributed by atoms with E-state index in [-0.39, 0.29) is 11.8 Å². The molecule has 0 fully saturated rings. The SMILES string of the molecule is C=CCNC(=O)NCCc1cccc(O)c1. The van der Waals surface area contributed by atoms with E-state index in [2.05, 4.69) is 17.2 Å². The Morgan fingerprint density at radius 1 is 1.44 bits per heavy atom. The van der Waals surface area contributed by atoms with Gasteiger partial charge in [0.15, 0.2) is 0 Å². The molecule has 0 saturated carbocycles. The van der Waals surface area contributed by atoms with Gasteiger partial charge in [0.2, 0.25) is 0 Å². The molecule has 4 nitrogen and oxygen atoms in total. The maximum absolute atomic E-state index is 11.1. The van der Waals surface area contributed by atoms with Crippen LogP contribution in [0.5, 0.6) is 5.75 Å². The Morgan fingerprint density at radius 3 is 2.94 bits per heavy atom. The van der Waals surface area contributed by atoms with Crippen LogP contribution < -0.4 is 10.6 Å². The number of hydrogen-bond donors (Lipinski definition) is 3. The van der Waals surface area contributed by atoms with Crippen molar-refractivity contribution in [3.05, 3.63) is 42.5 Å². The fourth-order valence-corrected chi connectivity index (χ4v) is 1.26. The van der Waals surface area contributed by atoms with Crippen LogP contribution in [0.3, 0.4) is 0 Å². The predicted molar refractivity (Wildman–Crippen MR) is 63.4 cm³/mol. The van der Waals surface area contributed by atoms with Crippen LogP contribution in [-0.4, -0.2) is 24.2 Å². The van der Waals surface area contributed by atoms with Gasteiger partial charge in [-0.1, -0.05) is 18.2 Å². The molecule has 4 heteroatoms. The van der Waals surface area contributed by atoms with Gasteiger partial charge in [-0.15, -0.1) is 6.58 Å². The molecule has 0 atom stereocenters. The van der Waals surface area contributed by atoms with Gasteiger partial charge < -0.3 is 15.7 Å². The number of phenolic OH excluding ortho intramolecular Hbond substituents is 1. The summed E-state index contributed by atoms with van der Waals surface area (Å²) in [5.41, 5.74) is 0.990. The summed E-state index contributed by atoms with van der Waals surface area (Å²) in [6.07, 6.45) is 2.31. The first-order chi connectivity index (χ1) is 7.72. The van der Waals surface area contributed by atoms with Crippen molar-refractivity contribution in [1.29, 1.82) is 0 Å². The molecular formula is C12H16N2O2. The van der Waals surface area contributed by atoms with E-state index in [1.807, 2.05) is 6.07 Å². The summed E-state index contributed by atoms with van der Waals surface area (Å²) in [5, 5.41) is 14.5. The van der Waals surface area contributed by atoms with E-state index in [0.29, 0.717) is 19.5 Å². The molecule has 0 aliphatic heterocycles. The summed E-state index contributed by atoms with van der Waals surface area (Å²) in [5.74, 6) is 0.244. The summed E-state index contributed by atoms with van der Waals surface area (Å²) >= 11 is 0. The molecule has 3 N–H and O–H groups in total. The molecule has 1 aromatic rings. The third-order valence-corrected chi connectivity index (χ3v) is 2.02. The largest absolute Gasteiger partial charge is 0.508 e. The number of benzene rings is 1. The van der Waals surface area contributed by atoms with Gasteiger partial charge in [-0.3, -0.25) is 0 Å². The highest BCUT2D eigenvalue weighted by Gasteiger charge is 1.98. The van der Waals surface area contributed by atoms with Gasteiger partial charge >= 0.3 is 6.03 Å². The highest BCUT2D eigenvalue weighted by Crippen LogP contribution is 2.10. The maximum Gasteiger partial charge on any atom is 0.315 e. The van der Waals surface area contributed by atoms with Gasteiger partial charge in [0.25, 0.3) is 0 Å². The number of aromatic hydroxyl groups is 1. The maximum atomic E-state index is 11.1. The number of phenols is 1. The molecule has 86 valence electrons. The third-order valence-electron chi connectivity index (χ3n) is 2.02.